The van der Waals surface area contributed by atoms with Crippen LogP contribution in [0.3, 0.4) is 0 Å². The van der Waals surface area contributed by atoms with Crippen molar-refractivity contribution in [2.75, 3.05) is 17.7 Å². The van der Waals surface area contributed by atoms with Crippen molar-refractivity contribution < 1.29 is 14.3 Å². The number of ether oxygens (including phenoxy) is 1. The lowest BCUT2D eigenvalue weighted by molar-refractivity contribution is -0.119. The summed E-state index contributed by atoms with van der Waals surface area (Å²) in [4.78, 5) is 22.9. The lowest BCUT2D eigenvalue weighted by Crippen LogP contribution is -2.34. The maximum atomic E-state index is 11.8. The summed E-state index contributed by atoms with van der Waals surface area (Å²) in [5.74, 6) is -0.456. The van der Waals surface area contributed by atoms with E-state index in [1.165, 1.54) is 7.11 Å². The van der Waals surface area contributed by atoms with E-state index in [4.69, 9.17) is 5.73 Å². The number of hydrogen-bond donors (Lipinski definition) is 3. The molecule has 4 N–H and O–H groups in total. The van der Waals surface area contributed by atoms with Crippen LogP contribution in [0.4, 0.5) is 16.2 Å². The summed E-state index contributed by atoms with van der Waals surface area (Å²) in [6, 6.07) is 6.56. The van der Waals surface area contributed by atoms with Crippen LogP contribution in [0, 0.1) is 5.92 Å². The molecule has 104 valence electrons. The van der Waals surface area contributed by atoms with Crippen molar-refractivity contribution in [3.05, 3.63) is 24.3 Å². The van der Waals surface area contributed by atoms with Crippen LogP contribution in [-0.4, -0.2) is 25.2 Å². The highest BCUT2D eigenvalue weighted by molar-refractivity contribution is 5.94. The molecule has 0 fully saturated rings. The van der Waals surface area contributed by atoms with Crippen molar-refractivity contribution in [3.63, 3.8) is 0 Å². The Morgan fingerprint density at radius 1 is 1.21 bits per heavy atom. The third-order valence-electron chi connectivity index (χ3n) is 2.76. The standard InChI is InChI=1S/C13H19N3O3/c1-8(9(2)14)12(17)15-10-5-4-6-11(7-10)16-13(18)19-3/h4-9H,14H2,1-3H3,(H,15,17)(H,16,18). The van der Waals surface area contributed by atoms with Gasteiger partial charge in [-0.05, 0) is 25.1 Å². The van der Waals surface area contributed by atoms with Crippen molar-refractivity contribution in [2.45, 2.75) is 19.9 Å². The van der Waals surface area contributed by atoms with Crippen LogP contribution in [0.15, 0.2) is 24.3 Å². The van der Waals surface area contributed by atoms with Gasteiger partial charge in [0.05, 0.1) is 13.0 Å². The number of nitrogens with two attached hydrogens (primary N) is 1. The van der Waals surface area contributed by atoms with Crippen molar-refractivity contribution >= 4 is 23.4 Å². The second-order valence-corrected chi connectivity index (χ2v) is 4.33. The van der Waals surface area contributed by atoms with Gasteiger partial charge in [-0.2, -0.15) is 0 Å². The number of nitrogens with one attached hydrogen (secondary N) is 2. The molecule has 6 heteroatoms. The first-order valence-corrected chi connectivity index (χ1v) is 5.95. The topological polar surface area (TPSA) is 93.5 Å². The minimum atomic E-state index is -0.563. The van der Waals surface area contributed by atoms with Gasteiger partial charge in [-0.1, -0.05) is 13.0 Å². The van der Waals surface area contributed by atoms with E-state index in [1.54, 1.807) is 38.1 Å². The Balaban J connectivity index is 2.72. The predicted molar refractivity (Wildman–Crippen MR) is 73.9 cm³/mol. The van der Waals surface area contributed by atoms with E-state index in [-0.39, 0.29) is 17.9 Å². The smallest absolute Gasteiger partial charge is 0.411 e. The molecule has 2 atom stereocenters. The normalized spacial score (nSPS) is 13.3. The van der Waals surface area contributed by atoms with Crippen LogP contribution in [0.25, 0.3) is 0 Å². The third-order valence-corrected chi connectivity index (χ3v) is 2.76. The Morgan fingerprint density at radius 3 is 2.32 bits per heavy atom. The highest BCUT2D eigenvalue weighted by Gasteiger charge is 2.17. The summed E-state index contributed by atoms with van der Waals surface area (Å²) in [5.41, 5.74) is 6.80. The molecule has 0 heterocycles. The number of benzene rings is 1. The van der Waals surface area contributed by atoms with Gasteiger partial charge in [-0.25, -0.2) is 4.79 Å². The number of hydrogen-bond acceptors (Lipinski definition) is 4. The fourth-order valence-corrected chi connectivity index (χ4v) is 1.34. The minimum absolute atomic E-state index is 0.162. The average molecular weight is 265 g/mol. The monoisotopic (exact) mass is 265 g/mol. The quantitative estimate of drug-likeness (QED) is 0.773. The zero-order valence-electron chi connectivity index (χ0n) is 11.3. The third kappa shape index (κ3) is 4.59. The molecule has 6 nitrogen and oxygen atoms in total. The van der Waals surface area contributed by atoms with E-state index in [1.807, 2.05) is 0 Å². The Bertz CT molecular complexity index is 460. The van der Waals surface area contributed by atoms with Crippen molar-refractivity contribution in [1.82, 2.24) is 0 Å². The molecule has 0 bridgehead atoms. The summed E-state index contributed by atoms with van der Waals surface area (Å²) in [7, 11) is 1.28. The van der Waals surface area contributed by atoms with E-state index in [9.17, 15) is 9.59 Å². The highest BCUT2D eigenvalue weighted by atomic mass is 16.5. The van der Waals surface area contributed by atoms with Gasteiger partial charge >= 0.3 is 6.09 Å². The van der Waals surface area contributed by atoms with Crippen molar-refractivity contribution in [2.24, 2.45) is 11.7 Å². The first kappa shape index (κ1) is 15.0. The molecule has 0 aliphatic rings. The number of rotatable bonds is 4. The largest absolute Gasteiger partial charge is 0.453 e. The molecule has 0 spiro atoms. The molecule has 0 aliphatic carbocycles. The van der Waals surface area contributed by atoms with Gasteiger partial charge in [0, 0.05) is 17.4 Å². The maximum absolute atomic E-state index is 11.8. The number of carbonyl (C=O) groups excluding carboxylic acids is 2. The van der Waals surface area contributed by atoms with Gasteiger partial charge in [-0.15, -0.1) is 0 Å². The molecule has 2 amide bonds. The van der Waals surface area contributed by atoms with E-state index >= 15 is 0 Å². The molecule has 2 unspecified atom stereocenters. The number of methoxy groups -OCH3 is 1. The van der Waals surface area contributed by atoms with E-state index in [2.05, 4.69) is 15.4 Å². The summed E-state index contributed by atoms with van der Waals surface area (Å²) >= 11 is 0. The minimum Gasteiger partial charge on any atom is -0.453 e. The molecule has 0 saturated carbocycles. The molecule has 1 aromatic rings. The molecule has 1 aromatic carbocycles. The van der Waals surface area contributed by atoms with Crippen LogP contribution in [0.2, 0.25) is 0 Å². The molecular formula is C13H19N3O3. The molecule has 0 aliphatic heterocycles. The van der Waals surface area contributed by atoms with Gasteiger partial charge in [0.2, 0.25) is 5.91 Å². The fraction of sp³-hybridized carbons (Fsp3) is 0.385. The van der Waals surface area contributed by atoms with Crippen LogP contribution in [0.5, 0.6) is 0 Å². The molecule has 19 heavy (non-hydrogen) atoms. The summed E-state index contributed by atoms with van der Waals surface area (Å²) in [5, 5.41) is 5.26. The van der Waals surface area contributed by atoms with Gasteiger partial charge < -0.3 is 15.8 Å². The second-order valence-electron chi connectivity index (χ2n) is 4.33. The zero-order chi connectivity index (χ0) is 14.4. The molecule has 0 aromatic heterocycles. The number of anilines is 2. The first-order chi connectivity index (χ1) is 8.93. The lowest BCUT2D eigenvalue weighted by atomic mass is 10.0. The van der Waals surface area contributed by atoms with Crippen LogP contribution < -0.4 is 16.4 Å². The SMILES string of the molecule is COC(=O)Nc1cccc(NC(=O)C(C)C(C)N)c1. The highest BCUT2D eigenvalue weighted by Crippen LogP contribution is 2.16. The lowest BCUT2D eigenvalue weighted by Gasteiger charge is -2.15. The summed E-state index contributed by atoms with van der Waals surface area (Å²) < 4.78 is 4.49. The van der Waals surface area contributed by atoms with Crippen molar-refractivity contribution in [1.29, 1.82) is 0 Å². The first-order valence-electron chi connectivity index (χ1n) is 5.95. The number of amides is 2. The van der Waals surface area contributed by atoms with Crippen LogP contribution in [-0.2, 0) is 9.53 Å². The molecular weight excluding hydrogens is 246 g/mol. The maximum Gasteiger partial charge on any atom is 0.411 e. The van der Waals surface area contributed by atoms with Crippen LogP contribution in [0.1, 0.15) is 13.8 Å². The van der Waals surface area contributed by atoms with E-state index in [0.717, 1.165) is 0 Å². The van der Waals surface area contributed by atoms with Crippen LogP contribution >= 0.6 is 0 Å². The molecule has 0 radical (unpaired) electrons. The Kier molecular flexibility index (Phi) is 5.32. The fourth-order valence-electron chi connectivity index (χ4n) is 1.34. The Hall–Kier alpha value is -2.08. The molecule has 0 saturated heterocycles. The van der Waals surface area contributed by atoms with Gasteiger partial charge in [0.15, 0.2) is 0 Å². The second kappa shape index (κ2) is 6.75. The van der Waals surface area contributed by atoms with E-state index in [0.29, 0.717) is 11.4 Å². The predicted octanol–water partition coefficient (Wildman–Crippen LogP) is 1.79. The summed E-state index contributed by atoms with van der Waals surface area (Å²) in [6.45, 7) is 3.54. The Morgan fingerprint density at radius 2 is 1.79 bits per heavy atom. The van der Waals surface area contributed by atoms with Crippen molar-refractivity contribution in [3.8, 4) is 0 Å². The average Bonchev–Trinajstić information content (AvgIpc) is 2.37. The van der Waals surface area contributed by atoms with Gasteiger partial charge in [-0.3, -0.25) is 10.1 Å². The molecule has 1 rings (SSSR count). The van der Waals surface area contributed by atoms with E-state index < -0.39 is 6.09 Å². The number of carbonyl (C=O) groups is 2. The Labute approximate surface area is 112 Å². The van der Waals surface area contributed by atoms with Gasteiger partial charge in [0.1, 0.15) is 0 Å². The zero-order valence-corrected chi connectivity index (χ0v) is 11.3. The summed E-state index contributed by atoms with van der Waals surface area (Å²) in [6.07, 6.45) is -0.563. The van der Waals surface area contributed by atoms with Gasteiger partial charge in [0.25, 0.3) is 0 Å².